The van der Waals surface area contributed by atoms with Crippen molar-refractivity contribution in [2.24, 2.45) is 5.73 Å². The molecule has 236 valence electrons. The van der Waals surface area contributed by atoms with Crippen LogP contribution in [0.2, 0.25) is 0 Å². The molecule has 2 fully saturated rings. The first-order valence-electron chi connectivity index (χ1n) is 12.4. The molecule has 2 heterocycles. The number of aliphatic hydroxyl groups is 6. The van der Waals surface area contributed by atoms with E-state index in [2.05, 4.69) is 10.6 Å². The van der Waals surface area contributed by atoms with E-state index in [-0.39, 0.29) is 0 Å². The summed E-state index contributed by atoms with van der Waals surface area (Å²) in [5, 5.41) is 85.1. The van der Waals surface area contributed by atoms with Crippen molar-refractivity contribution in [2.45, 2.75) is 93.2 Å². The van der Waals surface area contributed by atoms with Crippen LogP contribution in [0.25, 0.3) is 0 Å². The molecule has 41 heavy (non-hydrogen) atoms. The van der Waals surface area contributed by atoms with Crippen LogP contribution >= 0.6 is 0 Å². The molecule has 0 saturated carbocycles. The van der Waals surface area contributed by atoms with Crippen molar-refractivity contribution >= 4 is 23.8 Å². The minimum absolute atomic E-state index is 0.655. The van der Waals surface area contributed by atoms with Gasteiger partial charge in [0, 0.05) is 20.3 Å². The molecule has 0 aliphatic carbocycles. The quantitative estimate of drug-likeness (QED) is 0.0937. The van der Waals surface area contributed by atoms with Crippen molar-refractivity contribution < 1.29 is 79.0 Å². The van der Waals surface area contributed by atoms with E-state index in [1.54, 1.807) is 0 Å². The monoisotopic (exact) mass is 599 g/mol. The second kappa shape index (κ2) is 14.6. The maximum Gasteiger partial charge on any atom is 0.364 e. The highest BCUT2D eigenvalue weighted by Gasteiger charge is 2.57. The maximum absolute atomic E-state index is 12.3. The van der Waals surface area contributed by atoms with Crippen molar-refractivity contribution in [3.05, 3.63) is 0 Å². The van der Waals surface area contributed by atoms with E-state index in [1.165, 1.54) is 0 Å². The van der Waals surface area contributed by atoms with Crippen LogP contribution < -0.4 is 16.4 Å². The van der Waals surface area contributed by atoms with Crippen LogP contribution in [0.1, 0.15) is 20.3 Å². The van der Waals surface area contributed by atoms with E-state index in [4.69, 9.17) is 29.8 Å². The van der Waals surface area contributed by atoms with E-state index in [9.17, 15) is 54.9 Å². The average Bonchev–Trinajstić information content (AvgIpc) is 2.89. The van der Waals surface area contributed by atoms with Crippen LogP contribution in [0.3, 0.4) is 0 Å². The summed E-state index contributed by atoms with van der Waals surface area (Å²) < 4.78 is 21.8. The van der Waals surface area contributed by atoms with Gasteiger partial charge in [-0.15, -0.1) is 0 Å². The molecule has 2 saturated heterocycles. The standard InChI is InChI=1S/C22H37N3O16/c1-7(27)24-13-10(29)3-22(21(36)37,41-18(13)15(31)11(30)4-26)39-6-12-16(32)17(33)14(25-8(2)28)20(40-12)38-5-9(23)19(34)35/h9-18,20,26,29-33H,3-6,23H2,1-2H3,(H,24,27)(H,25,28)(H,34,35)(H,36,37)/t9-,10-,11+,12+,13+,14+,15+,16-,17+,18+,20?,22?/m0/s1. The molecule has 2 unspecified atom stereocenters. The van der Waals surface area contributed by atoms with Gasteiger partial charge in [-0.2, -0.15) is 0 Å². The summed E-state index contributed by atoms with van der Waals surface area (Å²) in [6.07, 6.45) is -15.2. The highest BCUT2D eigenvalue weighted by atomic mass is 16.7. The molecule has 19 nitrogen and oxygen atoms in total. The topological polar surface area (TPSA) is 317 Å². The Morgan fingerprint density at radius 3 is 2.12 bits per heavy atom. The van der Waals surface area contributed by atoms with Gasteiger partial charge in [-0.1, -0.05) is 0 Å². The smallest absolute Gasteiger partial charge is 0.364 e. The number of nitrogens with two attached hydrogens (primary N) is 1. The second-order valence-electron chi connectivity index (χ2n) is 9.72. The van der Waals surface area contributed by atoms with Crippen LogP contribution in [-0.4, -0.2) is 157 Å². The Morgan fingerprint density at radius 2 is 1.61 bits per heavy atom. The number of amides is 2. The number of rotatable bonds is 13. The van der Waals surface area contributed by atoms with E-state index in [1.807, 2.05) is 0 Å². The minimum atomic E-state index is -2.78. The van der Waals surface area contributed by atoms with Gasteiger partial charge in [-0.05, 0) is 0 Å². The molecular formula is C22H37N3O16. The van der Waals surface area contributed by atoms with Gasteiger partial charge in [0.1, 0.15) is 48.7 Å². The van der Waals surface area contributed by atoms with Gasteiger partial charge in [0.15, 0.2) is 6.29 Å². The molecule has 2 rings (SSSR count). The van der Waals surface area contributed by atoms with Gasteiger partial charge in [0.05, 0.1) is 32.0 Å². The summed E-state index contributed by atoms with van der Waals surface area (Å²) in [7, 11) is 0. The third-order valence-electron chi connectivity index (χ3n) is 6.50. The van der Waals surface area contributed by atoms with Crippen molar-refractivity contribution in [2.75, 3.05) is 19.8 Å². The Hall–Kier alpha value is -2.56. The molecule has 0 spiro atoms. The SMILES string of the molecule is CC(=O)N[C@H]1[C@H]([C@H](O)[C@H](O)CO)OC(OC[C@H]2OC(OC[C@H](N)C(=O)O)[C@H](NC(C)=O)[C@@H](O)[C@H]2O)(C(=O)O)C[C@@H]1O. The number of hydrogen-bond acceptors (Lipinski definition) is 15. The number of carbonyl (C=O) groups is 4. The van der Waals surface area contributed by atoms with Crippen LogP contribution in [0.15, 0.2) is 0 Å². The number of hydrogen-bond donors (Lipinski definition) is 11. The van der Waals surface area contributed by atoms with Crippen molar-refractivity contribution in [1.82, 2.24) is 10.6 Å². The molecular weight excluding hydrogens is 562 g/mol. The summed E-state index contributed by atoms with van der Waals surface area (Å²) >= 11 is 0. The van der Waals surface area contributed by atoms with Crippen molar-refractivity contribution in [3.63, 3.8) is 0 Å². The fourth-order valence-electron chi connectivity index (χ4n) is 4.36. The van der Waals surface area contributed by atoms with E-state index >= 15 is 0 Å². The number of carboxylic acid groups (broad SMARTS) is 2. The van der Waals surface area contributed by atoms with Crippen LogP contribution in [-0.2, 0) is 38.1 Å². The Morgan fingerprint density at radius 1 is 1.02 bits per heavy atom. The third kappa shape index (κ3) is 8.49. The maximum atomic E-state index is 12.3. The van der Waals surface area contributed by atoms with Crippen LogP contribution in [0.4, 0.5) is 0 Å². The molecule has 0 aromatic heterocycles. The highest BCUT2D eigenvalue weighted by Crippen LogP contribution is 2.34. The lowest BCUT2D eigenvalue weighted by Gasteiger charge is -2.47. The molecule has 2 aliphatic rings. The zero-order valence-corrected chi connectivity index (χ0v) is 22.1. The predicted molar refractivity (Wildman–Crippen MR) is 128 cm³/mol. The molecule has 12 N–H and O–H groups in total. The lowest BCUT2D eigenvalue weighted by molar-refractivity contribution is -0.330. The number of aliphatic carboxylic acids is 2. The average molecular weight is 600 g/mol. The molecule has 19 heteroatoms. The Labute approximate surface area is 232 Å². The van der Waals surface area contributed by atoms with E-state index in [0.29, 0.717) is 0 Å². The fraction of sp³-hybridized carbons (Fsp3) is 0.818. The summed E-state index contributed by atoms with van der Waals surface area (Å²) in [4.78, 5) is 46.6. The Balaban J connectivity index is 2.31. The zero-order valence-electron chi connectivity index (χ0n) is 22.1. The molecule has 0 aromatic rings. The first-order valence-corrected chi connectivity index (χ1v) is 12.4. The van der Waals surface area contributed by atoms with Gasteiger partial charge >= 0.3 is 11.9 Å². The molecule has 0 radical (unpaired) electrons. The zero-order chi connectivity index (χ0) is 31.2. The van der Waals surface area contributed by atoms with Crippen molar-refractivity contribution in [1.29, 1.82) is 0 Å². The number of nitrogens with one attached hydrogen (secondary N) is 2. The number of carboxylic acids is 2. The van der Waals surface area contributed by atoms with Crippen LogP contribution in [0, 0.1) is 0 Å². The van der Waals surface area contributed by atoms with Crippen molar-refractivity contribution in [3.8, 4) is 0 Å². The lowest BCUT2D eigenvalue weighted by atomic mass is 9.88. The first-order chi connectivity index (χ1) is 19.0. The summed E-state index contributed by atoms with van der Waals surface area (Å²) in [6.45, 7) is -0.378. The lowest BCUT2D eigenvalue weighted by Crippen LogP contribution is -2.69. The largest absolute Gasteiger partial charge is 0.480 e. The van der Waals surface area contributed by atoms with E-state index in [0.717, 1.165) is 13.8 Å². The molecule has 0 bridgehead atoms. The molecule has 2 aliphatic heterocycles. The van der Waals surface area contributed by atoms with Crippen LogP contribution in [0.5, 0.6) is 0 Å². The predicted octanol–water partition coefficient (Wildman–Crippen LogP) is -6.47. The van der Waals surface area contributed by atoms with Gasteiger partial charge < -0.3 is 76.2 Å². The van der Waals surface area contributed by atoms with E-state index < -0.39 is 123 Å². The molecule has 2 amide bonds. The van der Waals surface area contributed by atoms with Gasteiger partial charge in [0.2, 0.25) is 11.8 Å². The van der Waals surface area contributed by atoms with Gasteiger partial charge in [-0.25, -0.2) is 4.79 Å². The normalized spacial score (nSPS) is 36.0. The summed E-state index contributed by atoms with van der Waals surface area (Å²) in [5.74, 6) is -7.43. The summed E-state index contributed by atoms with van der Waals surface area (Å²) in [5.41, 5.74) is 5.42. The Bertz CT molecular complexity index is 941. The highest BCUT2D eigenvalue weighted by molar-refractivity contribution is 5.76. The fourth-order valence-corrected chi connectivity index (χ4v) is 4.36. The van der Waals surface area contributed by atoms with Gasteiger partial charge in [-0.3, -0.25) is 14.4 Å². The third-order valence-corrected chi connectivity index (χ3v) is 6.50. The minimum Gasteiger partial charge on any atom is -0.480 e. The molecule has 12 atom stereocenters. The number of carbonyl (C=O) groups excluding carboxylic acids is 2. The number of ether oxygens (including phenoxy) is 4. The summed E-state index contributed by atoms with van der Waals surface area (Å²) in [6, 6.07) is -4.40. The molecule has 0 aromatic carbocycles. The second-order valence-corrected chi connectivity index (χ2v) is 9.72. The Kier molecular flexibility index (Phi) is 12.3. The first kappa shape index (κ1) is 34.6. The van der Waals surface area contributed by atoms with Gasteiger partial charge in [0.25, 0.3) is 5.79 Å². The number of aliphatic hydroxyl groups excluding tert-OH is 6.